The molecular formula is C14H13FN2O3. The molecule has 1 N–H and O–H groups in total. The number of urea groups is 1. The van der Waals surface area contributed by atoms with Gasteiger partial charge in [0, 0.05) is 6.54 Å². The summed E-state index contributed by atoms with van der Waals surface area (Å²) in [7, 11) is 0. The molecule has 0 bridgehead atoms. The highest BCUT2D eigenvalue weighted by Crippen LogP contribution is 2.32. The first-order chi connectivity index (χ1) is 9.56. The summed E-state index contributed by atoms with van der Waals surface area (Å²) in [5, 5.41) is 2.19. The molecule has 1 aromatic carbocycles. The molecule has 2 aliphatic rings. The molecule has 6 heteroatoms. The lowest BCUT2D eigenvalue weighted by atomic mass is 9.95. The first-order valence-corrected chi connectivity index (χ1v) is 6.48. The third kappa shape index (κ3) is 2.29. The Labute approximate surface area is 114 Å². The number of benzene rings is 1. The monoisotopic (exact) mass is 276 g/mol. The molecule has 5 nitrogen and oxygen atoms in total. The second kappa shape index (κ2) is 4.70. The molecule has 0 radical (unpaired) electrons. The molecule has 20 heavy (non-hydrogen) atoms. The van der Waals surface area contributed by atoms with E-state index in [1.807, 2.05) is 0 Å². The number of hydrogen-bond acceptors (Lipinski definition) is 3. The number of nitrogens with one attached hydrogen (secondary N) is 1. The summed E-state index contributed by atoms with van der Waals surface area (Å²) in [5.74, 6) is -2.36. The van der Waals surface area contributed by atoms with Gasteiger partial charge in [-0.15, -0.1) is 0 Å². The predicted molar refractivity (Wildman–Crippen MR) is 67.1 cm³/mol. The fraction of sp³-hybridized carbons (Fsp3) is 0.357. The standard InChI is InChI=1S/C14H13FN2O3/c15-10-5-3-9(4-6-10)11-12(18)16-14(20)17(13(11)19)7-8-1-2-8/h3-6,8,11H,1-2,7H2,(H,16,18,20). The number of imide groups is 2. The molecule has 0 spiro atoms. The normalized spacial score (nSPS) is 22.9. The van der Waals surface area contributed by atoms with Gasteiger partial charge in [0.2, 0.25) is 11.8 Å². The van der Waals surface area contributed by atoms with Crippen molar-refractivity contribution in [3.63, 3.8) is 0 Å². The first kappa shape index (κ1) is 12.8. The Morgan fingerprint density at radius 1 is 1.15 bits per heavy atom. The van der Waals surface area contributed by atoms with Gasteiger partial charge in [-0.2, -0.15) is 0 Å². The lowest BCUT2D eigenvalue weighted by Gasteiger charge is -2.30. The first-order valence-electron chi connectivity index (χ1n) is 6.48. The Morgan fingerprint density at radius 3 is 2.40 bits per heavy atom. The van der Waals surface area contributed by atoms with E-state index in [2.05, 4.69) is 5.32 Å². The highest BCUT2D eigenvalue weighted by atomic mass is 19.1. The number of hydrogen-bond donors (Lipinski definition) is 1. The molecule has 1 aromatic rings. The van der Waals surface area contributed by atoms with Crippen molar-refractivity contribution in [2.45, 2.75) is 18.8 Å². The summed E-state index contributed by atoms with van der Waals surface area (Å²) >= 11 is 0. The number of rotatable bonds is 3. The molecule has 1 saturated carbocycles. The van der Waals surface area contributed by atoms with Crippen LogP contribution in [0.2, 0.25) is 0 Å². The molecular weight excluding hydrogens is 263 g/mol. The molecule has 2 fully saturated rings. The van der Waals surface area contributed by atoms with Crippen LogP contribution in [0.4, 0.5) is 9.18 Å². The van der Waals surface area contributed by atoms with Gasteiger partial charge in [-0.3, -0.25) is 19.8 Å². The second-order valence-electron chi connectivity index (χ2n) is 5.17. The Morgan fingerprint density at radius 2 is 1.80 bits per heavy atom. The van der Waals surface area contributed by atoms with Crippen LogP contribution in [0.25, 0.3) is 0 Å². The van der Waals surface area contributed by atoms with Gasteiger partial charge in [0.15, 0.2) is 0 Å². The molecule has 0 aromatic heterocycles. The van der Waals surface area contributed by atoms with Gasteiger partial charge in [0.25, 0.3) is 0 Å². The van der Waals surface area contributed by atoms with Gasteiger partial charge >= 0.3 is 6.03 Å². The summed E-state index contributed by atoms with van der Waals surface area (Å²) in [6.45, 7) is 0.343. The van der Waals surface area contributed by atoms with Crippen LogP contribution >= 0.6 is 0 Å². The number of carbonyl (C=O) groups excluding carboxylic acids is 3. The van der Waals surface area contributed by atoms with Crippen molar-refractivity contribution in [3.8, 4) is 0 Å². The van der Waals surface area contributed by atoms with Crippen LogP contribution in [0.3, 0.4) is 0 Å². The van der Waals surface area contributed by atoms with Crippen LogP contribution in [-0.2, 0) is 9.59 Å². The third-order valence-electron chi connectivity index (χ3n) is 3.59. The fourth-order valence-corrected chi connectivity index (χ4v) is 2.29. The highest BCUT2D eigenvalue weighted by molar-refractivity contribution is 6.19. The van der Waals surface area contributed by atoms with E-state index >= 15 is 0 Å². The molecule has 3 rings (SSSR count). The maximum Gasteiger partial charge on any atom is 0.330 e. The van der Waals surface area contributed by atoms with Crippen molar-refractivity contribution < 1.29 is 18.8 Å². The lowest BCUT2D eigenvalue weighted by Crippen LogP contribution is -2.57. The van der Waals surface area contributed by atoms with E-state index in [1.54, 1.807) is 0 Å². The van der Waals surface area contributed by atoms with Gasteiger partial charge in [0.1, 0.15) is 11.7 Å². The molecule has 4 amide bonds. The molecule has 104 valence electrons. The zero-order chi connectivity index (χ0) is 14.3. The van der Waals surface area contributed by atoms with E-state index in [0.29, 0.717) is 18.0 Å². The second-order valence-corrected chi connectivity index (χ2v) is 5.17. The lowest BCUT2D eigenvalue weighted by molar-refractivity contribution is -0.138. The van der Waals surface area contributed by atoms with E-state index in [9.17, 15) is 18.8 Å². The Bertz CT molecular complexity index is 581. The molecule has 1 saturated heterocycles. The molecule has 1 aliphatic heterocycles. The van der Waals surface area contributed by atoms with Crippen LogP contribution in [-0.4, -0.2) is 29.3 Å². The van der Waals surface area contributed by atoms with Gasteiger partial charge in [-0.25, -0.2) is 9.18 Å². The van der Waals surface area contributed by atoms with Crippen LogP contribution in [0, 0.1) is 11.7 Å². The van der Waals surface area contributed by atoms with E-state index < -0.39 is 29.6 Å². The largest absolute Gasteiger partial charge is 0.330 e. The van der Waals surface area contributed by atoms with Crippen molar-refractivity contribution in [1.29, 1.82) is 0 Å². The number of halogens is 1. The Balaban J connectivity index is 1.88. The van der Waals surface area contributed by atoms with Gasteiger partial charge in [-0.1, -0.05) is 12.1 Å². The average Bonchev–Trinajstić information content (AvgIpc) is 3.20. The fourth-order valence-electron chi connectivity index (χ4n) is 2.29. The Hall–Kier alpha value is -2.24. The molecule has 1 heterocycles. The van der Waals surface area contributed by atoms with E-state index in [-0.39, 0.29) is 0 Å². The molecule has 1 aliphatic carbocycles. The van der Waals surface area contributed by atoms with Gasteiger partial charge < -0.3 is 0 Å². The van der Waals surface area contributed by atoms with Crippen LogP contribution in [0.1, 0.15) is 24.3 Å². The molecule has 1 unspecified atom stereocenters. The zero-order valence-electron chi connectivity index (χ0n) is 10.6. The van der Waals surface area contributed by atoms with E-state index in [4.69, 9.17) is 0 Å². The van der Waals surface area contributed by atoms with Gasteiger partial charge in [-0.05, 0) is 36.5 Å². The van der Waals surface area contributed by atoms with E-state index in [1.165, 1.54) is 24.3 Å². The summed E-state index contributed by atoms with van der Waals surface area (Å²) in [6.07, 6.45) is 1.98. The number of carbonyl (C=O) groups is 3. The summed E-state index contributed by atoms with van der Waals surface area (Å²) in [6, 6.07) is 4.51. The third-order valence-corrected chi connectivity index (χ3v) is 3.59. The zero-order valence-corrected chi connectivity index (χ0v) is 10.6. The summed E-state index contributed by atoms with van der Waals surface area (Å²) in [4.78, 5) is 37.0. The topological polar surface area (TPSA) is 66.5 Å². The van der Waals surface area contributed by atoms with Crippen LogP contribution in [0.15, 0.2) is 24.3 Å². The molecule has 1 atom stereocenters. The quantitative estimate of drug-likeness (QED) is 0.848. The minimum atomic E-state index is -1.08. The predicted octanol–water partition coefficient (Wildman–Crippen LogP) is 1.40. The van der Waals surface area contributed by atoms with Crippen molar-refractivity contribution >= 4 is 17.8 Å². The summed E-state index contributed by atoms with van der Waals surface area (Å²) in [5.41, 5.74) is 0.391. The van der Waals surface area contributed by atoms with Crippen LogP contribution in [0.5, 0.6) is 0 Å². The maximum absolute atomic E-state index is 12.9. The Kier molecular flexibility index (Phi) is 3.00. The number of barbiturate groups is 1. The SMILES string of the molecule is O=C1NC(=O)N(CC2CC2)C(=O)C1c1ccc(F)cc1. The van der Waals surface area contributed by atoms with Crippen molar-refractivity contribution in [2.24, 2.45) is 5.92 Å². The minimum absolute atomic E-state index is 0.340. The van der Waals surface area contributed by atoms with Gasteiger partial charge in [0.05, 0.1) is 0 Å². The summed E-state index contributed by atoms with van der Waals surface area (Å²) < 4.78 is 12.9. The van der Waals surface area contributed by atoms with Crippen LogP contribution < -0.4 is 5.32 Å². The average molecular weight is 276 g/mol. The van der Waals surface area contributed by atoms with Crippen molar-refractivity contribution in [2.75, 3.05) is 6.54 Å². The minimum Gasteiger partial charge on any atom is -0.277 e. The number of amides is 4. The van der Waals surface area contributed by atoms with E-state index in [0.717, 1.165) is 17.7 Å². The maximum atomic E-state index is 12.9. The van der Waals surface area contributed by atoms with Crippen molar-refractivity contribution in [1.82, 2.24) is 10.2 Å². The smallest absolute Gasteiger partial charge is 0.277 e. The number of nitrogens with zero attached hydrogens (tertiary/aromatic N) is 1. The highest BCUT2D eigenvalue weighted by Gasteiger charge is 2.43. The van der Waals surface area contributed by atoms with Crippen molar-refractivity contribution in [3.05, 3.63) is 35.6 Å².